The van der Waals surface area contributed by atoms with Crippen LogP contribution in [0, 0.1) is 0 Å². The van der Waals surface area contributed by atoms with Gasteiger partial charge in [-0.2, -0.15) is 9.29 Å². The Balaban J connectivity index is 1.66. The quantitative estimate of drug-likeness (QED) is 0.784. The van der Waals surface area contributed by atoms with E-state index in [9.17, 15) is 17.2 Å². The van der Waals surface area contributed by atoms with Crippen LogP contribution in [0.2, 0.25) is 0 Å². The molecule has 146 valence electrons. The van der Waals surface area contributed by atoms with Gasteiger partial charge in [0, 0.05) is 37.4 Å². The van der Waals surface area contributed by atoms with E-state index in [0.29, 0.717) is 18.7 Å². The van der Waals surface area contributed by atoms with Crippen LogP contribution in [0.4, 0.5) is 8.78 Å². The molecule has 2 heterocycles. The van der Waals surface area contributed by atoms with Gasteiger partial charge in [-0.05, 0) is 31.4 Å². The van der Waals surface area contributed by atoms with Crippen molar-refractivity contribution in [2.75, 3.05) is 13.1 Å². The molecular formula is C18H21F2N3O3S. The molecule has 0 radical (unpaired) electrons. The summed E-state index contributed by atoms with van der Waals surface area (Å²) in [6, 6.07) is 6.50. The molecular weight excluding hydrogens is 376 g/mol. The van der Waals surface area contributed by atoms with Crippen molar-refractivity contribution in [1.82, 2.24) is 14.4 Å². The van der Waals surface area contributed by atoms with E-state index in [4.69, 9.17) is 4.52 Å². The first-order chi connectivity index (χ1) is 12.9. The van der Waals surface area contributed by atoms with E-state index in [1.807, 2.05) is 0 Å². The summed E-state index contributed by atoms with van der Waals surface area (Å²) in [7, 11) is -3.68. The lowest BCUT2D eigenvalue weighted by Gasteiger charge is -2.26. The average Bonchev–Trinajstić information content (AvgIpc) is 3.29. The third-order valence-corrected chi connectivity index (χ3v) is 7.21. The van der Waals surface area contributed by atoms with Crippen molar-refractivity contribution in [1.29, 1.82) is 0 Å². The number of sulfonamides is 1. The molecule has 0 bridgehead atoms. The second-order valence-electron chi connectivity index (χ2n) is 7.21. The molecule has 2 fully saturated rings. The van der Waals surface area contributed by atoms with E-state index in [1.54, 1.807) is 18.2 Å². The highest BCUT2D eigenvalue weighted by atomic mass is 32.2. The molecule has 1 aliphatic heterocycles. The molecule has 1 aromatic heterocycles. The van der Waals surface area contributed by atoms with E-state index >= 15 is 0 Å². The van der Waals surface area contributed by atoms with Crippen LogP contribution in [-0.4, -0.2) is 41.9 Å². The molecule has 6 nitrogen and oxygen atoms in total. The van der Waals surface area contributed by atoms with Gasteiger partial charge in [-0.15, -0.1) is 0 Å². The summed E-state index contributed by atoms with van der Waals surface area (Å²) in [5.74, 6) is -2.94. The number of halogens is 2. The second kappa shape index (κ2) is 6.94. The van der Waals surface area contributed by atoms with E-state index in [1.165, 1.54) is 10.4 Å². The van der Waals surface area contributed by atoms with E-state index in [0.717, 1.165) is 19.3 Å². The van der Waals surface area contributed by atoms with Crippen LogP contribution < -0.4 is 0 Å². The standard InChI is InChI=1S/C18H21F2N3O3S/c19-18(20)9-8-13(12-18)17-21-16(22-26-17)14-6-2-3-7-15(14)27(24,25)23-10-4-1-5-11-23/h2-3,6-7,13H,1,4-5,8-12H2. The molecule has 2 aromatic rings. The molecule has 1 aromatic carbocycles. The largest absolute Gasteiger partial charge is 0.339 e. The Morgan fingerprint density at radius 3 is 2.59 bits per heavy atom. The number of hydrogen-bond donors (Lipinski definition) is 0. The van der Waals surface area contributed by atoms with Crippen molar-refractivity contribution in [3.8, 4) is 11.4 Å². The van der Waals surface area contributed by atoms with Gasteiger partial charge in [0.25, 0.3) is 0 Å². The molecule has 4 rings (SSSR count). The van der Waals surface area contributed by atoms with Gasteiger partial charge in [-0.3, -0.25) is 0 Å². The third kappa shape index (κ3) is 3.62. The van der Waals surface area contributed by atoms with Crippen LogP contribution in [0.1, 0.15) is 50.3 Å². The van der Waals surface area contributed by atoms with Crippen LogP contribution in [0.5, 0.6) is 0 Å². The number of rotatable bonds is 4. The number of benzene rings is 1. The number of nitrogens with zero attached hydrogens (tertiary/aromatic N) is 3. The van der Waals surface area contributed by atoms with Crippen LogP contribution in [0.3, 0.4) is 0 Å². The monoisotopic (exact) mass is 397 g/mol. The Kier molecular flexibility index (Phi) is 4.75. The first kappa shape index (κ1) is 18.5. The van der Waals surface area contributed by atoms with Gasteiger partial charge >= 0.3 is 0 Å². The Bertz CT molecular complexity index is 923. The average molecular weight is 397 g/mol. The summed E-state index contributed by atoms with van der Waals surface area (Å²) in [6.07, 6.45) is 2.46. The van der Waals surface area contributed by atoms with Crippen molar-refractivity contribution in [2.45, 2.75) is 55.3 Å². The van der Waals surface area contributed by atoms with Gasteiger partial charge < -0.3 is 4.52 Å². The highest BCUT2D eigenvalue weighted by Gasteiger charge is 2.42. The summed E-state index contributed by atoms with van der Waals surface area (Å²) in [4.78, 5) is 4.37. The molecule has 0 amide bonds. The Labute approximate surface area is 156 Å². The fourth-order valence-corrected chi connectivity index (χ4v) is 5.50. The maximum absolute atomic E-state index is 13.5. The summed E-state index contributed by atoms with van der Waals surface area (Å²) < 4.78 is 59.7. The zero-order valence-corrected chi connectivity index (χ0v) is 15.6. The molecule has 0 N–H and O–H groups in total. The predicted molar refractivity (Wildman–Crippen MR) is 93.9 cm³/mol. The number of hydrogen-bond acceptors (Lipinski definition) is 5. The normalized spacial score (nSPS) is 23.6. The summed E-state index contributed by atoms with van der Waals surface area (Å²) in [6.45, 7) is 0.983. The van der Waals surface area contributed by atoms with Crippen molar-refractivity contribution < 1.29 is 21.7 Å². The van der Waals surface area contributed by atoms with Crippen LogP contribution >= 0.6 is 0 Å². The maximum Gasteiger partial charge on any atom is 0.248 e. The smallest absolute Gasteiger partial charge is 0.248 e. The van der Waals surface area contributed by atoms with Gasteiger partial charge in [0.1, 0.15) is 0 Å². The highest BCUT2D eigenvalue weighted by Crippen LogP contribution is 2.44. The zero-order chi connectivity index (χ0) is 19.1. The number of aromatic nitrogens is 2. The molecule has 1 aliphatic carbocycles. The Hall–Kier alpha value is -1.87. The minimum atomic E-state index is -3.68. The van der Waals surface area contributed by atoms with Crippen molar-refractivity contribution in [3.63, 3.8) is 0 Å². The van der Waals surface area contributed by atoms with Gasteiger partial charge in [-0.25, -0.2) is 17.2 Å². The highest BCUT2D eigenvalue weighted by molar-refractivity contribution is 7.89. The van der Waals surface area contributed by atoms with E-state index < -0.39 is 21.9 Å². The summed E-state index contributed by atoms with van der Waals surface area (Å²) in [5.41, 5.74) is 0.336. The summed E-state index contributed by atoms with van der Waals surface area (Å²) in [5, 5.41) is 3.88. The second-order valence-corrected chi connectivity index (χ2v) is 9.12. The molecule has 27 heavy (non-hydrogen) atoms. The molecule has 2 aliphatic rings. The fraction of sp³-hybridized carbons (Fsp3) is 0.556. The first-order valence-electron chi connectivity index (χ1n) is 9.18. The SMILES string of the molecule is O=S(=O)(c1ccccc1-c1noc(C2CCC(F)(F)C2)n1)N1CCCCC1. The van der Waals surface area contributed by atoms with Crippen molar-refractivity contribution >= 4 is 10.0 Å². The molecule has 1 unspecified atom stereocenters. The van der Waals surface area contributed by atoms with E-state index in [-0.39, 0.29) is 35.9 Å². The number of piperidine rings is 1. The van der Waals surface area contributed by atoms with Gasteiger partial charge in [0.05, 0.1) is 4.90 Å². The topological polar surface area (TPSA) is 76.3 Å². The summed E-state index contributed by atoms with van der Waals surface area (Å²) >= 11 is 0. The molecule has 1 atom stereocenters. The Morgan fingerprint density at radius 2 is 1.89 bits per heavy atom. The lowest BCUT2D eigenvalue weighted by molar-refractivity contribution is 0.00689. The third-order valence-electron chi connectivity index (χ3n) is 5.26. The molecule has 1 saturated carbocycles. The van der Waals surface area contributed by atoms with Crippen LogP contribution in [0.25, 0.3) is 11.4 Å². The van der Waals surface area contributed by atoms with E-state index in [2.05, 4.69) is 10.1 Å². The predicted octanol–water partition coefficient (Wildman–Crippen LogP) is 3.81. The minimum absolute atomic E-state index is 0.121. The zero-order valence-electron chi connectivity index (χ0n) is 14.8. The minimum Gasteiger partial charge on any atom is -0.339 e. The molecule has 9 heteroatoms. The van der Waals surface area contributed by atoms with Gasteiger partial charge in [-0.1, -0.05) is 23.7 Å². The lowest BCUT2D eigenvalue weighted by atomic mass is 10.1. The first-order valence-corrected chi connectivity index (χ1v) is 10.6. The Morgan fingerprint density at radius 1 is 1.15 bits per heavy atom. The van der Waals surface area contributed by atoms with Crippen molar-refractivity contribution in [2.24, 2.45) is 0 Å². The maximum atomic E-state index is 13.5. The molecule has 1 saturated heterocycles. The van der Waals surface area contributed by atoms with Gasteiger partial charge in [0.2, 0.25) is 27.7 Å². The number of alkyl halides is 2. The van der Waals surface area contributed by atoms with Crippen LogP contribution in [0.15, 0.2) is 33.7 Å². The fourth-order valence-electron chi connectivity index (χ4n) is 3.79. The van der Waals surface area contributed by atoms with Gasteiger partial charge in [0.15, 0.2) is 0 Å². The van der Waals surface area contributed by atoms with Crippen LogP contribution in [-0.2, 0) is 10.0 Å². The van der Waals surface area contributed by atoms with Crippen molar-refractivity contribution in [3.05, 3.63) is 30.2 Å². The lowest BCUT2D eigenvalue weighted by Crippen LogP contribution is -2.35. The molecule has 0 spiro atoms.